The van der Waals surface area contributed by atoms with Crippen LogP contribution in [0.1, 0.15) is 26.0 Å². The number of aliphatic hydroxyl groups is 9. The van der Waals surface area contributed by atoms with Crippen LogP contribution in [0.25, 0.3) is 0 Å². The molecular weight excluding hydrogens is 818 g/mol. The van der Waals surface area contributed by atoms with Gasteiger partial charge in [-0.1, -0.05) is 0 Å². The number of aromatic nitrogens is 2. The van der Waals surface area contributed by atoms with Crippen LogP contribution in [0.3, 0.4) is 0 Å². The highest BCUT2D eigenvalue weighted by Gasteiger charge is 2.53. The molecule has 4 rings (SSSR count). The number of hydrogen-bond donors (Lipinski definition) is 13. The van der Waals surface area contributed by atoms with Gasteiger partial charge in [-0.2, -0.15) is 4.98 Å². The number of phosphoric ester groups is 1. The van der Waals surface area contributed by atoms with E-state index < -0.39 is 164 Å². The van der Waals surface area contributed by atoms with Crippen molar-refractivity contribution < 1.29 is 102 Å². The third-order valence-electron chi connectivity index (χ3n) is 9.57. The molecule has 3 fully saturated rings. The molecule has 0 aromatic carbocycles. The van der Waals surface area contributed by atoms with E-state index in [0.717, 1.165) is 24.8 Å². The van der Waals surface area contributed by atoms with Gasteiger partial charge in [0.05, 0.1) is 50.3 Å². The number of aliphatic hydroxyl groups excluding tert-OH is 9. The fraction of sp³-hybridized carbons (Fsp3) is 0.828. The van der Waals surface area contributed by atoms with E-state index in [-0.39, 0.29) is 5.82 Å². The van der Waals surface area contributed by atoms with Crippen LogP contribution in [-0.2, 0) is 46.4 Å². The second-order valence-corrected chi connectivity index (χ2v) is 17.2. The largest absolute Gasteiger partial charge is 0.472 e. The molecule has 26 nitrogen and oxygen atoms in total. The predicted molar refractivity (Wildman–Crippen MR) is 184 cm³/mol. The quantitative estimate of drug-likeness (QED) is 0.0610. The van der Waals surface area contributed by atoms with Crippen molar-refractivity contribution in [2.45, 2.75) is 111 Å². The van der Waals surface area contributed by atoms with E-state index in [1.54, 1.807) is 0 Å². The molecule has 1 aromatic rings. The number of anilines is 1. The van der Waals surface area contributed by atoms with Gasteiger partial charge in [-0.15, -0.1) is 0 Å². The van der Waals surface area contributed by atoms with Crippen molar-refractivity contribution in [1.82, 2.24) is 14.9 Å². The Morgan fingerprint density at radius 2 is 1.65 bits per heavy atom. The Balaban J connectivity index is 1.52. The average molecular weight is 869 g/mol. The molecule has 0 bridgehead atoms. The minimum atomic E-state index is -5.25. The Hall–Kier alpha value is -2.11. The van der Waals surface area contributed by atoms with Crippen molar-refractivity contribution in [3.05, 3.63) is 22.7 Å². The van der Waals surface area contributed by atoms with Gasteiger partial charge in [-0.3, -0.25) is 23.0 Å². The lowest BCUT2D eigenvalue weighted by Crippen LogP contribution is -2.66. The summed E-state index contributed by atoms with van der Waals surface area (Å²) in [4.78, 5) is 49.2. The summed E-state index contributed by atoms with van der Waals surface area (Å²) in [6.45, 7) is -2.84. The van der Waals surface area contributed by atoms with Crippen molar-refractivity contribution in [3.63, 3.8) is 0 Å². The Bertz CT molecular complexity index is 1660. The lowest BCUT2D eigenvalue weighted by molar-refractivity contribution is -0.293. The molecule has 1 aromatic heterocycles. The van der Waals surface area contributed by atoms with Crippen LogP contribution in [0.15, 0.2) is 17.1 Å². The van der Waals surface area contributed by atoms with E-state index in [4.69, 9.17) is 38.3 Å². The molecule has 0 spiro atoms. The van der Waals surface area contributed by atoms with Crippen molar-refractivity contribution in [1.29, 1.82) is 0 Å². The van der Waals surface area contributed by atoms with Gasteiger partial charge in [0.25, 0.3) is 0 Å². The third-order valence-corrected chi connectivity index (χ3v) is 11.8. The van der Waals surface area contributed by atoms with Crippen molar-refractivity contribution >= 4 is 27.1 Å². The summed E-state index contributed by atoms with van der Waals surface area (Å²) < 4.78 is 64.2. The summed E-state index contributed by atoms with van der Waals surface area (Å²) in [5, 5.41) is 95.6. The Morgan fingerprint density at radius 3 is 2.26 bits per heavy atom. The topological polar surface area (TPSA) is 411 Å². The van der Waals surface area contributed by atoms with E-state index in [9.17, 15) is 74.5 Å². The number of nitrogens with one attached hydrogen (secondary N) is 1. The fourth-order valence-electron chi connectivity index (χ4n) is 6.45. The summed E-state index contributed by atoms with van der Waals surface area (Å²) in [7, 11) is -8.97. The number of carbonyl (C=O) groups excluding carboxylic acids is 1. The molecule has 328 valence electrons. The van der Waals surface area contributed by atoms with Gasteiger partial charge < -0.3 is 90.3 Å². The summed E-state index contributed by atoms with van der Waals surface area (Å²) in [5.74, 6) is -0.865. The Kier molecular flexibility index (Phi) is 16.3. The summed E-state index contributed by atoms with van der Waals surface area (Å²) in [6, 6.07) is -0.261. The number of hydrogen-bond acceptors (Lipinski definition) is 22. The molecule has 28 heteroatoms. The van der Waals surface area contributed by atoms with E-state index in [1.807, 2.05) is 0 Å². The molecule has 0 saturated carbocycles. The van der Waals surface area contributed by atoms with Gasteiger partial charge in [0.1, 0.15) is 66.9 Å². The van der Waals surface area contributed by atoms with Crippen molar-refractivity contribution in [2.75, 3.05) is 45.4 Å². The van der Waals surface area contributed by atoms with Crippen LogP contribution in [0, 0.1) is 0 Å². The predicted octanol–water partition coefficient (Wildman–Crippen LogP) is -6.27. The SMILES string of the molecule is CO[C@H]1O[C@H](COP(=O)(O)OC[C@]2(CCP(=O)(O)OC[C@H]3O[C@@H](n4ccc(N)nc4=O)[C@H](O)[C@@H]3O)C[C@H](O)[C@@H](NC(C)=O)[C@H]([C@H](O)[C@H](O)CO)O2)[C@H](O)[C@H](O)[C@H]1O. The van der Waals surface area contributed by atoms with Crippen LogP contribution in [0.4, 0.5) is 5.82 Å². The summed E-state index contributed by atoms with van der Waals surface area (Å²) in [6.07, 6.45) is -23.4. The van der Waals surface area contributed by atoms with Gasteiger partial charge in [-0.25, -0.2) is 9.36 Å². The van der Waals surface area contributed by atoms with Crippen LogP contribution in [0.5, 0.6) is 0 Å². The smallest absolute Gasteiger partial charge is 0.394 e. The van der Waals surface area contributed by atoms with Crippen LogP contribution in [0.2, 0.25) is 0 Å². The molecular formula is C29H50N4O22P2. The monoisotopic (exact) mass is 868 g/mol. The average Bonchev–Trinajstić information content (AvgIpc) is 3.43. The van der Waals surface area contributed by atoms with Gasteiger partial charge >= 0.3 is 21.1 Å². The lowest BCUT2D eigenvalue weighted by Gasteiger charge is -2.49. The molecule has 57 heavy (non-hydrogen) atoms. The van der Waals surface area contributed by atoms with Gasteiger partial charge in [-0.05, 0) is 12.5 Å². The molecule has 1 amide bonds. The number of nitrogens with two attached hydrogens (primary N) is 1. The van der Waals surface area contributed by atoms with Crippen molar-refractivity contribution in [3.8, 4) is 0 Å². The molecule has 14 N–H and O–H groups in total. The number of rotatable bonds is 18. The maximum absolute atomic E-state index is 13.4. The Morgan fingerprint density at radius 1 is 1.02 bits per heavy atom. The second-order valence-electron chi connectivity index (χ2n) is 13.8. The zero-order valence-corrected chi connectivity index (χ0v) is 32.3. The zero-order valence-electron chi connectivity index (χ0n) is 30.5. The van der Waals surface area contributed by atoms with Gasteiger partial charge in [0.15, 0.2) is 12.5 Å². The first-order valence-electron chi connectivity index (χ1n) is 17.3. The summed E-state index contributed by atoms with van der Waals surface area (Å²) >= 11 is 0. The number of amides is 1. The molecule has 0 radical (unpaired) electrons. The zero-order chi connectivity index (χ0) is 42.6. The van der Waals surface area contributed by atoms with E-state index in [0.29, 0.717) is 0 Å². The molecule has 3 aliphatic rings. The van der Waals surface area contributed by atoms with Crippen LogP contribution >= 0.6 is 15.4 Å². The minimum absolute atomic E-state index is 0.134. The van der Waals surface area contributed by atoms with E-state index >= 15 is 0 Å². The van der Waals surface area contributed by atoms with Crippen molar-refractivity contribution in [2.24, 2.45) is 0 Å². The van der Waals surface area contributed by atoms with E-state index in [2.05, 4.69) is 10.3 Å². The first kappa shape index (κ1) is 47.6. The standard InChI is InChI=1S/C29H50N4O22P2/c1-12(35)31-18-13(36)7-29(55-25(18)19(38)14(37)8-34,11-52-57(47,48)51-10-16-20(39)22(41)24(43)27(49-2)54-16)4-6-56(45,46)50-9-15-21(40)23(42)26(53-15)33-5-3-17(30)32-28(33)44/h3,5,13-16,18-27,34,36-43H,4,6-11H2,1-2H3,(H,31,35)(H,45,46)(H,47,48)(H2,30,32,44)/t13-,14+,15+,16+,18+,19+,20-,21+,22-,23+,24+,25+,26+,27-,29-/m0/s1. The molecule has 3 aliphatic heterocycles. The van der Waals surface area contributed by atoms with Crippen LogP contribution < -0.4 is 16.7 Å². The molecule has 0 aliphatic carbocycles. The number of nitrogens with zero attached hydrogens (tertiary/aromatic N) is 2. The fourth-order valence-corrected chi connectivity index (χ4v) is 8.46. The molecule has 2 unspecified atom stereocenters. The number of nitrogen functional groups attached to an aromatic ring is 1. The third kappa shape index (κ3) is 11.8. The highest BCUT2D eigenvalue weighted by atomic mass is 31.2. The number of carbonyl (C=O) groups is 1. The number of ether oxygens (including phenoxy) is 4. The molecule has 17 atom stereocenters. The van der Waals surface area contributed by atoms with E-state index in [1.165, 1.54) is 6.07 Å². The normalized spacial score (nSPS) is 37.8. The maximum Gasteiger partial charge on any atom is 0.472 e. The van der Waals surface area contributed by atoms with Gasteiger partial charge in [0.2, 0.25) is 5.91 Å². The first-order valence-corrected chi connectivity index (χ1v) is 20.6. The highest BCUT2D eigenvalue weighted by Crippen LogP contribution is 2.50. The Labute approximate surface area is 323 Å². The molecule has 4 heterocycles. The number of phosphoric acid groups is 1. The molecule has 3 saturated heterocycles. The minimum Gasteiger partial charge on any atom is -0.394 e. The van der Waals surface area contributed by atoms with Gasteiger partial charge in [0, 0.05) is 26.7 Å². The lowest BCUT2D eigenvalue weighted by atomic mass is 9.82. The number of methoxy groups -OCH3 is 1. The highest BCUT2D eigenvalue weighted by molar-refractivity contribution is 7.52. The first-order chi connectivity index (χ1) is 26.5. The maximum atomic E-state index is 13.4. The van der Waals surface area contributed by atoms with Crippen LogP contribution in [-0.4, -0.2) is 196 Å². The summed E-state index contributed by atoms with van der Waals surface area (Å²) in [5.41, 5.74) is 2.39. The second kappa shape index (κ2) is 19.5.